The molecule has 1 atom stereocenters. The number of aliphatic hydroxyl groups is 1. The van der Waals surface area contributed by atoms with Crippen molar-refractivity contribution in [2.24, 2.45) is 5.41 Å². The molecule has 2 aliphatic heterocycles. The van der Waals surface area contributed by atoms with Gasteiger partial charge in [-0.15, -0.1) is 0 Å². The average Bonchev–Trinajstić information content (AvgIpc) is 1.79. The van der Waals surface area contributed by atoms with Gasteiger partial charge in [-0.3, -0.25) is 0 Å². The SMILES string of the molecule is CC(O)CCN1CC2(CNC2)C1. The Kier molecular flexibility index (Phi) is 2.10. The fourth-order valence-corrected chi connectivity index (χ4v) is 2.13. The molecule has 2 aliphatic rings. The fourth-order valence-electron chi connectivity index (χ4n) is 2.13. The van der Waals surface area contributed by atoms with E-state index >= 15 is 0 Å². The van der Waals surface area contributed by atoms with Gasteiger partial charge in [-0.05, 0) is 13.3 Å². The van der Waals surface area contributed by atoms with Crippen molar-refractivity contribution in [2.75, 3.05) is 32.7 Å². The highest BCUT2D eigenvalue weighted by Gasteiger charge is 2.46. The van der Waals surface area contributed by atoms with Crippen LogP contribution >= 0.6 is 0 Å². The number of rotatable bonds is 3. The Morgan fingerprint density at radius 2 is 2.17 bits per heavy atom. The van der Waals surface area contributed by atoms with Crippen LogP contribution in [-0.2, 0) is 0 Å². The molecule has 0 saturated carbocycles. The monoisotopic (exact) mass is 170 g/mol. The van der Waals surface area contributed by atoms with Gasteiger partial charge in [-0.2, -0.15) is 0 Å². The van der Waals surface area contributed by atoms with Gasteiger partial charge >= 0.3 is 0 Å². The van der Waals surface area contributed by atoms with E-state index in [0.717, 1.165) is 13.0 Å². The van der Waals surface area contributed by atoms with E-state index in [1.54, 1.807) is 0 Å². The van der Waals surface area contributed by atoms with Crippen molar-refractivity contribution in [3.8, 4) is 0 Å². The van der Waals surface area contributed by atoms with Gasteiger partial charge in [0.2, 0.25) is 0 Å². The molecular weight excluding hydrogens is 152 g/mol. The largest absolute Gasteiger partial charge is 0.393 e. The van der Waals surface area contributed by atoms with Crippen LogP contribution < -0.4 is 5.32 Å². The summed E-state index contributed by atoms with van der Waals surface area (Å²) < 4.78 is 0. The average molecular weight is 170 g/mol. The van der Waals surface area contributed by atoms with Crippen LogP contribution in [0.1, 0.15) is 13.3 Å². The normalized spacial score (nSPS) is 29.5. The molecule has 0 aromatic heterocycles. The van der Waals surface area contributed by atoms with Crippen LogP contribution in [0.4, 0.5) is 0 Å². The van der Waals surface area contributed by atoms with Gasteiger partial charge in [0.15, 0.2) is 0 Å². The maximum atomic E-state index is 9.08. The zero-order valence-electron chi connectivity index (χ0n) is 7.71. The zero-order chi connectivity index (χ0) is 8.60. The third-order valence-corrected chi connectivity index (χ3v) is 2.98. The maximum absolute atomic E-state index is 9.08. The molecular formula is C9H18N2O. The lowest BCUT2D eigenvalue weighted by atomic mass is 9.74. The van der Waals surface area contributed by atoms with E-state index in [-0.39, 0.29) is 6.10 Å². The molecule has 0 bridgehead atoms. The molecule has 2 heterocycles. The van der Waals surface area contributed by atoms with Crippen LogP contribution in [0.15, 0.2) is 0 Å². The van der Waals surface area contributed by atoms with E-state index in [1.807, 2.05) is 6.92 Å². The first-order chi connectivity index (χ1) is 5.70. The quantitative estimate of drug-likeness (QED) is 0.608. The van der Waals surface area contributed by atoms with Gasteiger partial charge in [-0.1, -0.05) is 0 Å². The molecule has 0 aromatic rings. The van der Waals surface area contributed by atoms with Crippen LogP contribution in [0, 0.1) is 5.41 Å². The van der Waals surface area contributed by atoms with Crippen molar-refractivity contribution in [1.29, 1.82) is 0 Å². The maximum Gasteiger partial charge on any atom is 0.0524 e. The molecule has 1 spiro atoms. The first kappa shape index (κ1) is 8.48. The third-order valence-electron chi connectivity index (χ3n) is 2.98. The lowest BCUT2D eigenvalue weighted by molar-refractivity contribution is -0.0440. The first-order valence-electron chi connectivity index (χ1n) is 4.81. The number of hydrogen-bond donors (Lipinski definition) is 2. The second kappa shape index (κ2) is 2.98. The second-order valence-corrected chi connectivity index (χ2v) is 4.45. The van der Waals surface area contributed by atoms with E-state index in [0.29, 0.717) is 5.41 Å². The van der Waals surface area contributed by atoms with E-state index in [9.17, 15) is 0 Å². The molecule has 0 aliphatic carbocycles. The van der Waals surface area contributed by atoms with Gasteiger partial charge in [0.25, 0.3) is 0 Å². The van der Waals surface area contributed by atoms with Crippen molar-refractivity contribution in [3.63, 3.8) is 0 Å². The summed E-state index contributed by atoms with van der Waals surface area (Å²) in [6, 6.07) is 0. The molecule has 0 radical (unpaired) electrons. The summed E-state index contributed by atoms with van der Waals surface area (Å²) in [7, 11) is 0. The molecule has 2 fully saturated rings. The highest BCUT2D eigenvalue weighted by Crippen LogP contribution is 2.33. The van der Waals surface area contributed by atoms with Gasteiger partial charge in [0, 0.05) is 38.1 Å². The van der Waals surface area contributed by atoms with Crippen molar-refractivity contribution < 1.29 is 5.11 Å². The lowest BCUT2D eigenvalue weighted by Crippen LogP contribution is -2.71. The lowest BCUT2D eigenvalue weighted by Gasteiger charge is -2.56. The van der Waals surface area contributed by atoms with Gasteiger partial charge in [0.1, 0.15) is 0 Å². The van der Waals surface area contributed by atoms with Crippen LogP contribution in [0.3, 0.4) is 0 Å². The van der Waals surface area contributed by atoms with Crippen molar-refractivity contribution in [2.45, 2.75) is 19.4 Å². The van der Waals surface area contributed by atoms with Gasteiger partial charge in [0.05, 0.1) is 6.10 Å². The van der Waals surface area contributed by atoms with E-state index < -0.39 is 0 Å². The molecule has 0 aromatic carbocycles. The standard InChI is InChI=1S/C9H18N2O/c1-8(12)2-3-11-6-9(7-11)4-10-5-9/h8,10,12H,2-7H2,1H3. The molecule has 0 amide bonds. The summed E-state index contributed by atoms with van der Waals surface area (Å²) in [6.07, 6.45) is 0.782. The Hall–Kier alpha value is -0.120. The second-order valence-electron chi connectivity index (χ2n) is 4.45. The summed E-state index contributed by atoms with van der Waals surface area (Å²) in [4.78, 5) is 2.44. The molecule has 3 nitrogen and oxygen atoms in total. The Labute approximate surface area is 73.8 Å². The summed E-state index contributed by atoms with van der Waals surface area (Å²) >= 11 is 0. The summed E-state index contributed by atoms with van der Waals surface area (Å²) in [5.41, 5.74) is 0.638. The molecule has 3 heteroatoms. The van der Waals surface area contributed by atoms with Crippen molar-refractivity contribution in [1.82, 2.24) is 10.2 Å². The van der Waals surface area contributed by atoms with E-state index in [2.05, 4.69) is 10.2 Å². The predicted octanol–water partition coefficient (Wildman–Crippen LogP) is -0.337. The first-order valence-corrected chi connectivity index (χ1v) is 4.81. The summed E-state index contributed by atoms with van der Waals surface area (Å²) in [5, 5.41) is 12.4. The Morgan fingerprint density at radius 3 is 2.58 bits per heavy atom. The number of hydrogen-bond acceptors (Lipinski definition) is 3. The van der Waals surface area contributed by atoms with E-state index in [4.69, 9.17) is 5.11 Å². The summed E-state index contributed by atoms with van der Waals surface area (Å²) in [5.74, 6) is 0. The molecule has 2 rings (SSSR count). The highest BCUT2D eigenvalue weighted by atomic mass is 16.3. The molecule has 70 valence electrons. The third kappa shape index (κ3) is 1.49. The molecule has 12 heavy (non-hydrogen) atoms. The van der Waals surface area contributed by atoms with Crippen molar-refractivity contribution >= 4 is 0 Å². The number of nitrogens with one attached hydrogen (secondary N) is 1. The smallest absolute Gasteiger partial charge is 0.0524 e. The topological polar surface area (TPSA) is 35.5 Å². The van der Waals surface area contributed by atoms with E-state index in [1.165, 1.54) is 26.2 Å². The van der Waals surface area contributed by atoms with Crippen LogP contribution in [0.5, 0.6) is 0 Å². The molecule has 2 saturated heterocycles. The molecule has 1 unspecified atom stereocenters. The Balaban J connectivity index is 1.62. The molecule has 2 N–H and O–H groups in total. The minimum absolute atomic E-state index is 0.138. The van der Waals surface area contributed by atoms with Crippen molar-refractivity contribution in [3.05, 3.63) is 0 Å². The minimum Gasteiger partial charge on any atom is -0.393 e. The van der Waals surface area contributed by atoms with Gasteiger partial charge < -0.3 is 15.3 Å². The predicted molar refractivity (Wildman–Crippen MR) is 48.0 cm³/mol. The fraction of sp³-hybridized carbons (Fsp3) is 1.00. The number of aliphatic hydroxyl groups excluding tert-OH is 1. The Morgan fingerprint density at radius 1 is 1.50 bits per heavy atom. The highest BCUT2D eigenvalue weighted by molar-refractivity contribution is 5.03. The van der Waals surface area contributed by atoms with Gasteiger partial charge in [-0.25, -0.2) is 0 Å². The van der Waals surface area contributed by atoms with Crippen LogP contribution in [0.2, 0.25) is 0 Å². The van der Waals surface area contributed by atoms with Crippen LogP contribution in [-0.4, -0.2) is 48.8 Å². The Bertz CT molecular complexity index is 158. The number of nitrogens with zero attached hydrogens (tertiary/aromatic N) is 1. The summed E-state index contributed by atoms with van der Waals surface area (Å²) in [6.45, 7) is 7.83. The minimum atomic E-state index is -0.138. The number of likely N-dealkylation sites (tertiary alicyclic amines) is 1. The van der Waals surface area contributed by atoms with Crippen LogP contribution in [0.25, 0.3) is 0 Å². The zero-order valence-corrected chi connectivity index (χ0v) is 7.71.